The van der Waals surface area contributed by atoms with Gasteiger partial charge in [0.2, 0.25) is 5.95 Å². The molecule has 2 N–H and O–H groups in total. The zero-order valence-corrected chi connectivity index (χ0v) is 20.5. The molecule has 1 fully saturated rings. The van der Waals surface area contributed by atoms with Crippen molar-refractivity contribution in [1.29, 1.82) is 0 Å². The molecule has 0 bridgehead atoms. The molecule has 9 heteroatoms. The summed E-state index contributed by atoms with van der Waals surface area (Å²) in [7, 11) is 1.68. The first-order chi connectivity index (χ1) is 17.1. The van der Waals surface area contributed by atoms with Crippen LogP contribution in [-0.4, -0.2) is 41.1 Å². The summed E-state index contributed by atoms with van der Waals surface area (Å²) in [5.41, 5.74) is 7.73. The van der Waals surface area contributed by atoms with Crippen LogP contribution >= 0.6 is 11.3 Å². The summed E-state index contributed by atoms with van der Waals surface area (Å²) < 4.78 is 5.39. The molecule has 35 heavy (non-hydrogen) atoms. The van der Waals surface area contributed by atoms with Gasteiger partial charge >= 0.3 is 0 Å². The highest BCUT2D eigenvalue weighted by Gasteiger charge is 2.26. The third-order valence-electron chi connectivity index (χ3n) is 6.83. The van der Waals surface area contributed by atoms with Gasteiger partial charge in [-0.25, -0.2) is 4.98 Å². The molecule has 6 rings (SSSR count). The second kappa shape index (κ2) is 8.81. The first-order valence-corrected chi connectivity index (χ1v) is 12.7. The van der Waals surface area contributed by atoms with Crippen LogP contribution < -0.4 is 20.3 Å². The number of aryl methyl sites for hydroxylation is 1. The first kappa shape index (κ1) is 21.8. The van der Waals surface area contributed by atoms with Crippen LogP contribution in [0.2, 0.25) is 0 Å². The number of hydrogen-bond acceptors (Lipinski definition) is 8. The third-order valence-corrected chi connectivity index (χ3v) is 7.55. The largest absolute Gasteiger partial charge is 0.496 e. The van der Waals surface area contributed by atoms with Crippen LogP contribution in [0.5, 0.6) is 5.75 Å². The zero-order valence-electron chi connectivity index (χ0n) is 19.7. The minimum Gasteiger partial charge on any atom is -0.496 e. The lowest BCUT2D eigenvalue weighted by Gasteiger charge is -2.33. The van der Waals surface area contributed by atoms with Crippen molar-refractivity contribution in [2.24, 2.45) is 0 Å². The van der Waals surface area contributed by atoms with E-state index in [0.717, 1.165) is 70.4 Å². The number of benzene rings is 2. The molecule has 1 amide bonds. The quantitative estimate of drug-likeness (QED) is 0.420. The van der Waals surface area contributed by atoms with Gasteiger partial charge in [0.1, 0.15) is 11.3 Å². The number of carbonyl (C=O) groups excluding carboxylic acids is 1. The Morgan fingerprint density at radius 3 is 2.97 bits per heavy atom. The van der Waals surface area contributed by atoms with E-state index in [4.69, 9.17) is 14.7 Å². The van der Waals surface area contributed by atoms with E-state index in [1.54, 1.807) is 7.11 Å². The summed E-state index contributed by atoms with van der Waals surface area (Å²) in [6, 6.07) is 12.2. The molecule has 0 saturated carbocycles. The number of methoxy groups -OCH3 is 1. The average Bonchev–Trinajstić information content (AvgIpc) is 3.51. The molecule has 178 valence electrons. The molecule has 1 saturated heterocycles. The normalized spacial score (nSPS) is 17.4. The number of hydrogen-bond donors (Lipinski definition) is 2. The predicted octanol–water partition coefficient (Wildman–Crippen LogP) is 4.77. The Bertz CT molecular complexity index is 1430. The van der Waals surface area contributed by atoms with Crippen molar-refractivity contribution in [2.75, 3.05) is 30.4 Å². The van der Waals surface area contributed by atoms with Gasteiger partial charge in [-0.15, -0.1) is 11.3 Å². The van der Waals surface area contributed by atoms with Gasteiger partial charge in [-0.1, -0.05) is 12.1 Å². The number of fused-ring (bicyclic) bond motifs is 2. The Morgan fingerprint density at radius 1 is 1.20 bits per heavy atom. The number of piperidine rings is 1. The first-order valence-electron chi connectivity index (χ1n) is 11.8. The molecule has 2 aliphatic heterocycles. The summed E-state index contributed by atoms with van der Waals surface area (Å²) in [5, 5.41) is 6.36. The zero-order chi connectivity index (χ0) is 23.9. The average molecular weight is 487 g/mol. The maximum absolute atomic E-state index is 11.9. The molecule has 4 aromatic rings. The third kappa shape index (κ3) is 4.05. The highest BCUT2D eigenvalue weighted by molar-refractivity contribution is 7.16. The predicted molar refractivity (Wildman–Crippen MR) is 138 cm³/mol. The van der Waals surface area contributed by atoms with Crippen molar-refractivity contribution in [3.63, 3.8) is 0 Å². The van der Waals surface area contributed by atoms with Crippen molar-refractivity contribution in [3.05, 3.63) is 64.2 Å². The summed E-state index contributed by atoms with van der Waals surface area (Å²) in [6.07, 6.45) is 2.17. The van der Waals surface area contributed by atoms with Gasteiger partial charge in [0.15, 0.2) is 10.6 Å². The Balaban J connectivity index is 1.29. The molecule has 0 aliphatic carbocycles. The number of carbonyl (C=O) groups is 1. The van der Waals surface area contributed by atoms with Crippen LogP contribution in [0.1, 0.15) is 45.8 Å². The Kier molecular flexibility index (Phi) is 5.49. The van der Waals surface area contributed by atoms with Crippen LogP contribution in [0.3, 0.4) is 0 Å². The van der Waals surface area contributed by atoms with Gasteiger partial charge in [-0.2, -0.15) is 9.97 Å². The van der Waals surface area contributed by atoms with Crippen molar-refractivity contribution >= 4 is 45.0 Å². The number of nitrogens with one attached hydrogen (secondary N) is 2. The van der Waals surface area contributed by atoms with Crippen molar-refractivity contribution in [1.82, 2.24) is 20.3 Å². The lowest BCUT2D eigenvalue weighted by molar-refractivity contribution is 0.0965. The van der Waals surface area contributed by atoms with Gasteiger partial charge in [0.25, 0.3) is 5.91 Å². The van der Waals surface area contributed by atoms with E-state index in [1.165, 1.54) is 16.9 Å². The maximum Gasteiger partial charge on any atom is 0.251 e. The van der Waals surface area contributed by atoms with Gasteiger partial charge in [-0.3, -0.25) is 4.79 Å². The fourth-order valence-corrected chi connectivity index (χ4v) is 5.66. The molecule has 4 heterocycles. The smallest absolute Gasteiger partial charge is 0.251 e. The molecule has 1 unspecified atom stereocenters. The SMILES string of the molecule is COc1ccc(Nc2nc(N3CCCC(c4ccc5c(c4)CNC5=O)C3)nc3scnc23)cc1C. The number of rotatable bonds is 5. The molecule has 2 aromatic heterocycles. The van der Waals surface area contributed by atoms with Crippen LogP contribution in [0, 0.1) is 6.92 Å². The van der Waals surface area contributed by atoms with E-state index in [-0.39, 0.29) is 5.91 Å². The minimum atomic E-state index is 0.0233. The molecular formula is C26H26N6O2S. The summed E-state index contributed by atoms with van der Waals surface area (Å²) >= 11 is 1.52. The summed E-state index contributed by atoms with van der Waals surface area (Å²) in [5.74, 6) is 2.67. The molecular weight excluding hydrogens is 460 g/mol. The molecule has 0 spiro atoms. The summed E-state index contributed by atoms with van der Waals surface area (Å²) in [4.78, 5) is 29.4. The minimum absolute atomic E-state index is 0.0233. The topological polar surface area (TPSA) is 92.3 Å². The van der Waals surface area contributed by atoms with E-state index in [1.807, 2.05) is 36.7 Å². The van der Waals surface area contributed by atoms with Crippen molar-refractivity contribution in [3.8, 4) is 5.75 Å². The number of nitrogens with zero attached hydrogens (tertiary/aromatic N) is 4. The van der Waals surface area contributed by atoms with Crippen molar-refractivity contribution in [2.45, 2.75) is 32.2 Å². The lowest BCUT2D eigenvalue weighted by Crippen LogP contribution is -2.35. The Labute approximate surface area is 207 Å². The number of amides is 1. The van der Waals surface area contributed by atoms with E-state index in [9.17, 15) is 4.79 Å². The molecule has 2 aliphatic rings. The van der Waals surface area contributed by atoms with E-state index in [0.29, 0.717) is 18.3 Å². The van der Waals surface area contributed by atoms with Crippen LogP contribution in [0.15, 0.2) is 41.9 Å². The molecule has 1 atom stereocenters. The van der Waals surface area contributed by atoms with Gasteiger partial charge in [0, 0.05) is 36.8 Å². The number of ether oxygens (including phenoxy) is 1. The highest BCUT2D eigenvalue weighted by atomic mass is 32.1. The van der Waals surface area contributed by atoms with E-state index in [2.05, 4.69) is 32.7 Å². The highest BCUT2D eigenvalue weighted by Crippen LogP contribution is 2.34. The van der Waals surface area contributed by atoms with E-state index < -0.39 is 0 Å². The van der Waals surface area contributed by atoms with Crippen LogP contribution in [0.25, 0.3) is 10.3 Å². The fraction of sp³-hybridized carbons (Fsp3) is 0.308. The second-order valence-electron chi connectivity index (χ2n) is 9.07. The standard InChI is InChI=1S/C26H26N6O2S/c1-15-10-19(6-8-21(15)34-2)29-23-22-25(35-14-28-22)31-26(30-23)32-9-3-4-17(13-32)16-5-7-20-18(11-16)12-27-24(20)33/h5-8,10-11,14,17H,3-4,9,12-13H2,1-2H3,(H,27,33)(H,29,30,31). The van der Waals surface area contributed by atoms with Crippen LogP contribution in [-0.2, 0) is 6.54 Å². The Hall–Kier alpha value is -3.72. The second-order valence-corrected chi connectivity index (χ2v) is 9.91. The fourth-order valence-electron chi connectivity index (χ4n) is 5.01. The monoisotopic (exact) mass is 486 g/mol. The number of thiazole rings is 1. The lowest BCUT2D eigenvalue weighted by atomic mass is 9.89. The van der Waals surface area contributed by atoms with Gasteiger partial charge in [0.05, 0.1) is 12.6 Å². The molecule has 2 aromatic carbocycles. The Morgan fingerprint density at radius 2 is 2.11 bits per heavy atom. The van der Waals surface area contributed by atoms with Crippen molar-refractivity contribution < 1.29 is 9.53 Å². The van der Waals surface area contributed by atoms with Gasteiger partial charge < -0.3 is 20.3 Å². The molecule has 8 nitrogen and oxygen atoms in total. The number of anilines is 3. The van der Waals surface area contributed by atoms with Crippen LogP contribution in [0.4, 0.5) is 17.5 Å². The van der Waals surface area contributed by atoms with Gasteiger partial charge in [-0.05, 0) is 60.7 Å². The number of aromatic nitrogens is 3. The maximum atomic E-state index is 11.9. The molecule has 0 radical (unpaired) electrons. The van der Waals surface area contributed by atoms with E-state index >= 15 is 0 Å². The summed E-state index contributed by atoms with van der Waals surface area (Å²) in [6.45, 7) is 4.38.